The Bertz CT molecular complexity index is 481. The van der Waals surface area contributed by atoms with Gasteiger partial charge < -0.3 is 5.73 Å². The Kier molecular flexibility index (Phi) is 5.32. The van der Waals surface area contributed by atoms with Crippen molar-refractivity contribution in [1.82, 2.24) is 0 Å². The van der Waals surface area contributed by atoms with Gasteiger partial charge in [0.1, 0.15) is 5.82 Å². The van der Waals surface area contributed by atoms with Gasteiger partial charge in [-0.3, -0.25) is 0 Å². The molecule has 0 spiro atoms. The SMILES string of the molecule is CC(C)(C)C1CCC(CN)C(Cc2ccc(F)c(Cl)c2)C1. The van der Waals surface area contributed by atoms with Crippen molar-refractivity contribution in [1.29, 1.82) is 0 Å². The lowest BCUT2D eigenvalue weighted by Gasteiger charge is -2.41. The summed E-state index contributed by atoms with van der Waals surface area (Å²) in [5.41, 5.74) is 7.44. The summed E-state index contributed by atoms with van der Waals surface area (Å²) in [6.07, 6.45) is 4.64. The Hall–Kier alpha value is -0.600. The topological polar surface area (TPSA) is 26.0 Å². The molecule has 1 aromatic rings. The van der Waals surface area contributed by atoms with Crippen LogP contribution in [-0.4, -0.2) is 6.54 Å². The molecule has 118 valence electrons. The minimum atomic E-state index is -0.341. The van der Waals surface area contributed by atoms with Crippen LogP contribution >= 0.6 is 11.6 Å². The maximum atomic E-state index is 13.3. The number of halogens is 2. The molecular formula is C18H27ClFN. The van der Waals surface area contributed by atoms with Crippen LogP contribution in [0.4, 0.5) is 4.39 Å². The van der Waals surface area contributed by atoms with Crippen LogP contribution in [0.5, 0.6) is 0 Å². The van der Waals surface area contributed by atoms with Gasteiger partial charge in [0.15, 0.2) is 0 Å². The minimum Gasteiger partial charge on any atom is -0.330 e. The summed E-state index contributed by atoms with van der Waals surface area (Å²) >= 11 is 5.90. The molecule has 1 aliphatic carbocycles. The molecule has 1 aliphatic rings. The zero-order valence-electron chi connectivity index (χ0n) is 13.3. The van der Waals surface area contributed by atoms with Crippen molar-refractivity contribution in [2.45, 2.75) is 46.5 Å². The predicted octanol–water partition coefficient (Wildman–Crippen LogP) is 5.06. The molecular weight excluding hydrogens is 285 g/mol. The average Bonchev–Trinajstić information content (AvgIpc) is 2.42. The highest BCUT2D eigenvalue weighted by Crippen LogP contribution is 2.43. The molecule has 2 N–H and O–H groups in total. The lowest BCUT2D eigenvalue weighted by molar-refractivity contribution is 0.101. The van der Waals surface area contributed by atoms with Gasteiger partial charge >= 0.3 is 0 Å². The molecule has 21 heavy (non-hydrogen) atoms. The van der Waals surface area contributed by atoms with Crippen molar-refractivity contribution in [3.8, 4) is 0 Å². The Labute approximate surface area is 133 Å². The van der Waals surface area contributed by atoms with Crippen LogP contribution in [0.3, 0.4) is 0 Å². The van der Waals surface area contributed by atoms with E-state index in [-0.39, 0.29) is 10.8 Å². The van der Waals surface area contributed by atoms with E-state index < -0.39 is 0 Å². The fourth-order valence-corrected chi connectivity index (χ4v) is 3.85. The molecule has 3 heteroatoms. The Morgan fingerprint density at radius 3 is 2.52 bits per heavy atom. The quantitative estimate of drug-likeness (QED) is 0.829. The van der Waals surface area contributed by atoms with E-state index in [0.717, 1.165) is 24.4 Å². The molecule has 1 fully saturated rings. The Morgan fingerprint density at radius 1 is 1.24 bits per heavy atom. The lowest BCUT2D eigenvalue weighted by atomic mass is 9.64. The van der Waals surface area contributed by atoms with E-state index >= 15 is 0 Å². The van der Waals surface area contributed by atoms with E-state index in [1.54, 1.807) is 6.07 Å². The van der Waals surface area contributed by atoms with Gasteiger partial charge in [-0.25, -0.2) is 4.39 Å². The van der Waals surface area contributed by atoms with Gasteiger partial charge in [0, 0.05) is 0 Å². The van der Waals surface area contributed by atoms with Crippen molar-refractivity contribution >= 4 is 11.6 Å². The third kappa shape index (κ3) is 4.20. The molecule has 0 saturated heterocycles. The van der Waals surface area contributed by atoms with Crippen molar-refractivity contribution in [2.75, 3.05) is 6.54 Å². The molecule has 0 radical (unpaired) electrons. The van der Waals surface area contributed by atoms with Crippen LogP contribution < -0.4 is 5.73 Å². The summed E-state index contributed by atoms with van der Waals surface area (Å²) < 4.78 is 13.3. The monoisotopic (exact) mass is 311 g/mol. The van der Waals surface area contributed by atoms with Gasteiger partial charge in [-0.05, 0) is 73.1 Å². The standard InChI is InChI=1S/C18H27ClFN/c1-18(2,3)15-6-5-13(11-21)14(10-15)8-12-4-7-17(20)16(19)9-12/h4,7,9,13-15H,5-6,8,10-11,21H2,1-3H3. The van der Waals surface area contributed by atoms with Gasteiger partial charge in [-0.15, -0.1) is 0 Å². The second kappa shape index (κ2) is 6.66. The third-order valence-corrected chi connectivity index (χ3v) is 5.44. The van der Waals surface area contributed by atoms with Gasteiger partial charge in [-0.2, -0.15) is 0 Å². The highest BCUT2D eigenvalue weighted by Gasteiger charge is 2.35. The molecule has 1 saturated carbocycles. The van der Waals surface area contributed by atoms with Crippen molar-refractivity contribution in [3.05, 3.63) is 34.6 Å². The number of benzene rings is 1. The minimum absolute atomic E-state index is 0.222. The zero-order chi connectivity index (χ0) is 15.6. The first-order valence-corrected chi connectivity index (χ1v) is 8.33. The predicted molar refractivity (Wildman–Crippen MR) is 87.9 cm³/mol. The van der Waals surface area contributed by atoms with Crippen LogP contribution in [0, 0.1) is 29.0 Å². The van der Waals surface area contributed by atoms with Crippen LogP contribution in [0.2, 0.25) is 5.02 Å². The molecule has 3 unspecified atom stereocenters. The second-order valence-corrected chi connectivity index (χ2v) is 7.99. The molecule has 0 bridgehead atoms. The lowest BCUT2D eigenvalue weighted by Crippen LogP contribution is -2.36. The Morgan fingerprint density at radius 2 is 1.95 bits per heavy atom. The number of nitrogens with two attached hydrogens (primary N) is 1. The molecule has 0 aliphatic heterocycles. The van der Waals surface area contributed by atoms with E-state index in [9.17, 15) is 4.39 Å². The van der Waals surface area contributed by atoms with E-state index in [0.29, 0.717) is 17.3 Å². The van der Waals surface area contributed by atoms with Crippen molar-refractivity contribution < 1.29 is 4.39 Å². The fraction of sp³-hybridized carbons (Fsp3) is 0.667. The molecule has 0 heterocycles. The largest absolute Gasteiger partial charge is 0.330 e. The smallest absolute Gasteiger partial charge is 0.141 e. The van der Waals surface area contributed by atoms with E-state index in [2.05, 4.69) is 20.8 Å². The first kappa shape index (κ1) is 16.8. The van der Waals surface area contributed by atoms with Gasteiger partial charge in [0.25, 0.3) is 0 Å². The molecule has 2 rings (SSSR count). The first-order valence-electron chi connectivity index (χ1n) is 7.95. The number of hydrogen-bond donors (Lipinski definition) is 1. The molecule has 0 amide bonds. The highest BCUT2D eigenvalue weighted by molar-refractivity contribution is 6.30. The first-order chi connectivity index (χ1) is 9.81. The third-order valence-electron chi connectivity index (χ3n) is 5.15. The van der Waals surface area contributed by atoms with Gasteiger partial charge in [0.05, 0.1) is 5.02 Å². The van der Waals surface area contributed by atoms with E-state index in [4.69, 9.17) is 17.3 Å². The summed E-state index contributed by atoms with van der Waals surface area (Å²) in [7, 11) is 0. The van der Waals surface area contributed by atoms with Crippen molar-refractivity contribution in [3.63, 3.8) is 0 Å². The summed E-state index contributed by atoms with van der Waals surface area (Å²) in [6, 6.07) is 5.10. The van der Waals surface area contributed by atoms with Crippen LogP contribution in [0.25, 0.3) is 0 Å². The average molecular weight is 312 g/mol. The maximum absolute atomic E-state index is 13.3. The molecule has 1 aromatic carbocycles. The summed E-state index contributed by atoms with van der Waals surface area (Å²) in [5.74, 6) is 1.55. The van der Waals surface area contributed by atoms with Gasteiger partial charge in [0.2, 0.25) is 0 Å². The van der Waals surface area contributed by atoms with Crippen LogP contribution in [-0.2, 0) is 6.42 Å². The normalized spacial score (nSPS) is 26.9. The van der Waals surface area contributed by atoms with E-state index in [1.165, 1.54) is 25.3 Å². The van der Waals surface area contributed by atoms with E-state index in [1.807, 2.05) is 6.07 Å². The summed E-state index contributed by atoms with van der Waals surface area (Å²) in [6.45, 7) is 7.72. The zero-order valence-corrected chi connectivity index (χ0v) is 14.1. The fourth-order valence-electron chi connectivity index (χ4n) is 3.64. The van der Waals surface area contributed by atoms with Crippen LogP contribution in [0.15, 0.2) is 18.2 Å². The number of hydrogen-bond acceptors (Lipinski definition) is 1. The molecule has 1 nitrogen and oxygen atoms in total. The highest BCUT2D eigenvalue weighted by atomic mass is 35.5. The maximum Gasteiger partial charge on any atom is 0.141 e. The van der Waals surface area contributed by atoms with Crippen LogP contribution in [0.1, 0.15) is 45.6 Å². The van der Waals surface area contributed by atoms with Crippen molar-refractivity contribution in [2.24, 2.45) is 28.9 Å². The molecule has 0 aromatic heterocycles. The summed E-state index contributed by atoms with van der Waals surface area (Å²) in [4.78, 5) is 0. The number of rotatable bonds is 3. The Balaban J connectivity index is 2.12. The summed E-state index contributed by atoms with van der Waals surface area (Å²) in [5, 5.41) is 0.222. The van der Waals surface area contributed by atoms with Gasteiger partial charge in [-0.1, -0.05) is 38.4 Å². The molecule has 3 atom stereocenters. The second-order valence-electron chi connectivity index (χ2n) is 7.58.